The number of amides is 2. The van der Waals surface area contributed by atoms with Crippen molar-refractivity contribution in [1.82, 2.24) is 49.7 Å². The van der Waals surface area contributed by atoms with E-state index in [9.17, 15) is 14.9 Å². The van der Waals surface area contributed by atoms with Gasteiger partial charge in [-0.15, -0.1) is 0 Å². The molecule has 4 aromatic carbocycles. The maximum atomic E-state index is 12.5. The molecule has 0 radical (unpaired) electrons. The third kappa shape index (κ3) is 9.69. The first-order valence-corrected chi connectivity index (χ1v) is 18.6. The van der Waals surface area contributed by atoms with Crippen molar-refractivity contribution in [3.05, 3.63) is 156 Å². The van der Waals surface area contributed by atoms with E-state index in [1.54, 1.807) is 61.4 Å². The lowest BCUT2D eigenvalue weighted by molar-refractivity contribution is 0.0944. The second-order valence-corrected chi connectivity index (χ2v) is 13.2. The van der Waals surface area contributed by atoms with E-state index < -0.39 is 0 Å². The molecule has 8 rings (SSSR count). The molecule has 0 saturated heterocycles. The third-order valence-corrected chi connectivity index (χ3v) is 9.15. The molecule has 0 aliphatic rings. The number of nitrogens with zero attached hydrogens (tertiary/aromatic N) is 9. The molecule has 2 amide bonds. The number of nitriles is 1. The summed E-state index contributed by atoms with van der Waals surface area (Å²) >= 11 is 6.31. The van der Waals surface area contributed by atoms with Crippen molar-refractivity contribution < 1.29 is 9.59 Å². The zero-order valence-corrected chi connectivity index (χ0v) is 31.4. The highest BCUT2D eigenvalue weighted by Gasteiger charge is 2.14. The minimum atomic E-state index is -0.162. The lowest BCUT2D eigenvalue weighted by atomic mass is 10.1. The van der Waals surface area contributed by atoms with E-state index in [2.05, 4.69) is 46.6 Å². The molecule has 0 atom stereocenters. The van der Waals surface area contributed by atoms with Crippen LogP contribution in [0.5, 0.6) is 0 Å². The molecule has 57 heavy (non-hydrogen) atoms. The molecule has 13 nitrogen and oxygen atoms in total. The highest BCUT2D eigenvalue weighted by Crippen LogP contribution is 2.27. The van der Waals surface area contributed by atoms with Crippen molar-refractivity contribution in [1.29, 1.82) is 5.26 Å². The van der Waals surface area contributed by atoms with E-state index >= 15 is 0 Å². The quantitative estimate of drug-likeness (QED) is 0.122. The summed E-state index contributed by atoms with van der Waals surface area (Å²) in [5.74, 6) is -0.296. The Balaban J connectivity index is 0.000000174. The zero-order chi connectivity index (χ0) is 39.4. The molecule has 0 unspecified atom stereocenters. The molecule has 4 heterocycles. The van der Waals surface area contributed by atoms with Crippen LogP contribution in [0.1, 0.15) is 39.3 Å². The number of benzene rings is 4. The summed E-state index contributed by atoms with van der Waals surface area (Å²) in [4.78, 5) is 51.0. The van der Waals surface area contributed by atoms with Crippen molar-refractivity contribution in [3.63, 3.8) is 0 Å². The van der Waals surface area contributed by atoms with Crippen molar-refractivity contribution in [2.45, 2.75) is 25.9 Å². The topological polar surface area (TPSA) is 169 Å². The molecular formula is C43H36ClN11O2. The Kier molecular flexibility index (Phi) is 12.2. The van der Waals surface area contributed by atoms with Gasteiger partial charge in [-0.2, -0.15) is 5.26 Å². The summed E-state index contributed by atoms with van der Waals surface area (Å²) in [5.41, 5.74) is 6.59. The first kappa shape index (κ1) is 38.0. The number of hydrogen-bond acceptors (Lipinski definition) is 9. The highest BCUT2D eigenvalue weighted by atomic mass is 35.5. The van der Waals surface area contributed by atoms with Gasteiger partial charge in [0.2, 0.25) is 0 Å². The molecule has 0 spiro atoms. The molecular weight excluding hydrogens is 738 g/mol. The summed E-state index contributed by atoms with van der Waals surface area (Å²) in [5, 5.41) is 15.7. The van der Waals surface area contributed by atoms with E-state index in [0.717, 1.165) is 37.1 Å². The van der Waals surface area contributed by atoms with Crippen LogP contribution < -0.4 is 10.6 Å². The van der Waals surface area contributed by atoms with Crippen LogP contribution >= 0.6 is 11.6 Å². The first-order valence-electron chi connectivity index (χ1n) is 18.2. The van der Waals surface area contributed by atoms with Crippen LogP contribution in [0, 0.1) is 11.3 Å². The fourth-order valence-electron chi connectivity index (χ4n) is 5.99. The van der Waals surface area contributed by atoms with E-state index in [-0.39, 0.29) is 17.5 Å². The van der Waals surface area contributed by atoms with Gasteiger partial charge in [-0.25, -0.2) is 29.9 Å². The Hall–Kier alpha value is -7.30. The molecule has 0 bridgehead atoms. The van der Waals surface area contributed by atoms with Crippen molar-refractivity contribution in [2.24, 2.45) is 0 Å². The molecule has 0 fully saturated rings. The number of fused-ring (bicyclic) bond motifs is 2. The number of halogens is 1. The van der Waals surface area contributed by atoms with E-state index in [4.69, 9.17) is 11.6 Å². The number of aromatic nitrogens is 8. The van der Waals surface area contributed by atoms with Gasteiger partial charge in [-0.05, 0) is 49.2 Å². The summed E-state index contributed by atoms with van der Waals surface area (Å²) in [6.45, 7) is 2.74. The van der Waals surface area contributed by atoms with Crippen LogP contribution in [0.2, 0.25) is 5.15 Å². The molecule has 0 saturated carbocycles. The number of rotatable bonds is 12. The van der Waals surface area contributed by atoms with Crippen molar-refractivity contribution in [2.75, 3.05) is 13.1 Å². The Morgan fingerprint density at radius 2 is 1.11 bits per heavy atom. The predicted molar refractivity (Wildman–Crippen MR) is 218 cm³/mol. The Bertz CT molecular complexity index is 2650. The van der Waals surface area contributed by atoms with Crippen LogP contribution in [0.15, 0.2) is 135 Å². The van der Waals surface area contributed by atoms with Crippen molar-refractivity contribution >= 4 is 45.5 Å². The van der Waals surface area contributed by atoms with Crippen LogP contribution in [-0.4, -0.2) is 63.9 Å². The Morgan fingerprint density at radius 3 is 1.60 bits per heavy atom. The summed E-state index contributed by atoms with van der Waals surface area (Å²) < 4.78 is 3.95. The van der Waals surface area contributed by atoms with Gasteiger partial charge in [0, 0.05) is 73.2 Å². The molecule has 0 aliphatic heterocycles. The normalized spacial score (nSPS) is 10.7. The fourth-order valence-corrected chi connectivity index (χ4v) is 6.24. The van der Waals surface area contributed by atoms with Gasteiger partial charge in [-0.1, -0.05) is 72.3 Å². The maximum absolute atomic E-state index is 12.5. The molecule has 14 heteroatoms. The first-order chi connectivity index (χ1) is 27.9. The van der Waals surface area contributed by atoms with Crippen molar-refractivity contribution in [3.8, 4) is 28.6 Å². The van der Waals surface area contributed by atoms with Gasteiger partial charge in [0.05, 0.1) is 34.7 Å². The minimum Gasteiger partial charge on any atom is -0.352 e. The number of carbonyl (C=O) groups excluding carboxylic acids is 2. The summed E-state index contributed by atoms with van der Waals surface area (Å²) in [7, 11) is 0. The van der Waals surface area contributed by atoms with Gasteiger partial charge in [0.15, 0.2) is 10.8 Å². The molecule has 4 aromatic heterocycles. The van der Waals surface area contributed by atoms with Gasteiger partial charge in [0.25, 0.3) is 11.8 Å². The SMILES string of the molecule is N#Cc1nc2ccc(C(=O)NCCCn3ccnc3)cc2nc1-c1ccccc1.O=C(NCCCn1ccnc1)c1ccc2nc(Cl)c(-c3ccccc3)nc2c1. The number of imidazole rings is 2. The van der Waals surface area contributed by atoms with E-state index in [0.29, 0.717) is 62.8 Å². The van der Waals surface area contributed by atoms with Gasteiger partial charge < -0.3 is 19.8 Å². The number of hydrogen-bond donors (Lipinski definition) is 2. The summed E-state index contributed by atoms with van der Waals surface area (Å²) in [6, 6.07) is 31.6. The Labute approximate surface area is 333 Å². The second kappa shape index (κ2) is 18.4. The molecule has 0 aliphatic carbocycles. The fraction of sp³-hybridized carbons (Fsp3) is 0.140. The maximum Gasteiger partial charge on any atom is 0.251 e. The molecule has 8 aromatic rings. The highest BCUT2D eigenvalue weighted by molar-refractivity contribution is 6.32. The largest absolute Gasteiger partial charge is 0.352 e. The number of nitrogens with one attached hydrogen (secondary N) is 2. The predicted octanol–water partition coefficient (Wildman–Crippen LogP) is 7.15. The summed E-state index contributed by atoms with van der Waals surface area (Å²) in [6.07, 6.45) is 12.4. The average Bonchev–Trinajstić information content (AvgIpc) is 3.99. The van der Waals surface area contributed by atoms with E-state index in [1.807, 2.05) is 82.2 Å². The van der Waals surface area contributed by atoms with Crippen LogP contribution in [0.25, 0.3) is 44.6 Å². The second-order valence-electron chi connectivity index (χ2n) is 12.9. The lowest BCUT2D eigenvalue weighted by Gasteiger charge is -2.08. The van der Waals surface area contributed by atoms with Gasteiger partial charge in [0.1, 0.15) is 17.5 Å². The van der Waals surface area contributed by atoms with Crippen LogP contribution in [0.3, 0.4) is 0 Å². The lowest BCUT2D eigenvalue weighted by Crippen LogP contribution is -2.25. The van der Waals surface area contributed by atoms with Crippen LogP contribution in [-0.2, 0) is 13.1 Å². The monoisotopic (exact) mass is 773 g/mol. The smallest absolute Gasteiger partial charge is 0.251 e. The number of carbonyl (C=O) groups is 2. The standard InChI is InChI=1S/C22H18N6O.C21H18ClN5O/c23-14-20-21(16-5-2-1-3-6-16)27-19-13-17(7-8-18(19)26-20)22(29)25-9-4-11-28-12-10-24-15-28;22-20-19(15-5-2-1-3-6-15)25-18-13-16(7-8-17(18)26-20)21(28)24-9-4-11-27-12-10-23-14-27/h1-3,5-8,10,12-13,15H,4,9,11H2,(H,25,29);1-3,5-8,10,12-14H,4,9,11H2,(H,24,28). The number of aryl methyl sites for hydroxylation is 2. The Morgan fingerprint density at radius 1 is 0.614 bits per heavy atom. The zero-order valence-electron chi connectivity index (χ0n) is 30.7. The van der Waals surface area contributed by atoms with Gasteiger partial charge >= 0.3 is 0 Å². The molecule has 2 N–H and O–H groups in total. The van der Waals surface area contributed by atoms with Crippen LogP contribution in [0.4, 0.5) is 0 Å². The van der Waals surface area contributed by atoms with Gasteiger partial charge in [-0.3, -0.25) is 9.59 Å². The third-order valence-electron chi connectivity index (χ3n) is 8.89. The average molecular weight is 774 g/mol. The molecule has 282 valence electrons. The minimum absolute atomic E-state index is 0.134. The van der Waals surface area contributed by atoms with E-state index in [1.165, 1.54) is 0 Å².